The van der Waals surface area contributed by atoms with Gasteiger partial charge in [0.25, 0.3) is 0 Å². The monoisotopic (exact) mass is 642 g/mol. The van der Waals surface area contributed by atoms with Crippen molar-refractivity contribution in [1.82, 2.24) is 9.80 Å². The van der Waals surface area contributed by atoms with E-state index in [1.54, 1.807) is 21.6 Å². The Labute approximate surface area is 267 Å². The Balaban J connectivity index is 1.24. The summed E-state index contributed by atoms with van der Waals surface area (Å²) in [6.45, 7) is 11.9. The van der Waals surface area contributed by atoms with Gasteiger partial charge < -0.3 is 20.1 Å². The Bertz CT molecular complexity index is 1230. The van der Waals surface area contributed by atoms with Crippen molar-refractivity contribution in [3.8, 4) is 0 Å². The van der Waals surface area contributed by atoms with Crippen molar-refractivity contribution in [2.45, 2.75) is 100 Å². The van der Waals surface area contributed by atoms with E-state index < -0.39 is 35.5 Å². The zero-order valence-corrected chi connectivity index (χ0v) is 27.8. The zero-order chi connectivity index (χ0) is 32.1. The van der Waals surface area contributed by atoms with Gasteiger partial charge in [-0.3, -0.25) is 19.4 Å². The van der Waals surface area contributed by atoms with Crippen molar-refractivity contribution >= 4 is 57.0 Å². The molecule has 0 spiro atoms. The number of amides is 4. The fraction of sp³-hybridized carbons (Fsp3) is 0.500. The number of benzene rings is 2. The summed E-state index contributed by atoms with van der Waals surface area (Å²) in [6.07, 6.45) is 1.78. The van der Waals surface area contributed by atoms with Crippen LogP contribution in [0.1, 0.15) is 67.2 Å². The van der Waals surface area contributed by atoms with Crippen LogP contribution in [0.2, 0.25) is 0 Å². The highest BCUT2D eigenvalue weighted by Gasteiger charge is 2.37. The van der Waals surface area contributed by atoms with Gasteiger partial charge in [-0.1, -0.05) is 21.6 Å². The molecule has 12 heteroatoms. The minimum atomic E-state index is -0.619. The number of hydrogen-bond acceptors (Lipinski definition) is 8. The molecule has 238 valence electrons. The van der Waals surface area contributed by atoms with Crippen LogP contribution in [0.15, 0.2) is 58.3 Å². The molecule has 2 N–H and O–H groups in total. The second-order valence-electron chi connectivity index (χ2n) is 12.9. The summed E-state index contributed by atoms with van der Waals surface area (Å²) < 4.78 is 10.9. The van der Waals surface area contributed by atoms with E-state index in [1.165, 1.54) is 9.80 Å². The average Bonchev–Trinajstić information content (AvgIpc) is 3.62. The van der Waals surface area contributed by atoms with E-state index in [9.17, 15) is 19.2 Å². The number of nitrogens with one attached hydrogen (secondary N) is 2. The first-order chi connectivity index (χ1) is 20.7. The first-order valence-electron chi connectivity index (χ1n) is 14.8. The number of carbonyl (C=O) groups is 4. The predicted octanol–water partition coefficient (Wildman–Crippen LogP) is 7.16. The third kappa shape index (κ3) is 9.56. The summed E-state index contributed by atoms with van der Waals surface area (Å²) >= 11 is 0. The fourth-order valence-corrected chi connectivity index (χ4v) is 6.82. The number of hydrogen-bond donors (Lipinski definition) is 2. The van der Waals surface area contributed by atoms with Crippen molar-refractivity contribution in [3.63, 3.8) is 0 Å². The van der Waals surface area contributed by atoms with Crippen LogP contribution in [0, 0.1) is 0 Å². The molecule has 2 aromatic carbocycles. The molecule has 4 amide bonds. The summed E-state index contributed by atoms with van der Waals surface area (Å²) in [7, 11) is 3.15. The third-order valence-electron chi connectivity index (χ3n) is 6.84. The molecular formula is C32H42N4O6S2. The molecule has 0 aromatic heterocycles. The number of anilines is 2. The van der Waals surface area contributed by atoms with Crippen LogP contribution in [0.4, 0.5) is 21.0 Å². The molecule has 0 aliphatic carbocycles. The van der Waals surface area contributed by atoms with E-state index in [1.807, 2.05) is 90.1 Å². The smallest absolute Gasteiger partial charge is 0.410 e. The van der Waals surface area contributed by atoms with Gasteiger partial charge in [0.1, 0.15) is 23.3 Å². The lowest BCUT2D eigenvalue weighted by atomic mass is 10.2. The molecule has 0 saturated carbocycles. The van der Waals surface area contributed by atoms with Gasteiger partial charge in [0, 0.05) is 34.3 Å². The van der Waals surface area contributed by atoms with Gasteiger partial charge in [-0.25, -0.2) is 9.59 Å². The predicted molar refractivity (Wildman–Crippen MR) is 174 cm³/mol. The van der Waals surface area contributed by atoms with Crippen molar-refractivity contribution in [2.75, 3.05) is 23.7 Å². The molecule has 0 unspecified atom stereocenters. The van der Waals surface area contributed by atoms with Crippen LogP contribution >= 0.6 is 21.6 Å². The van der Waals surface area contributed by atoms with Crippen molar-refractivity contribution < 1.29 is 28.7 Å². The summed E-state index contributed by atoms with van der Waals surface area (Å²) in [5.74, 6) is -0.443. The number of ether oxygens (including phenoxy) is 2. The summed E-state index contributed by atoms with van der Waals surface area (Å²) in [5, 5.41) is 5.85. The topological polar surface area (TPSA) is 117 Å². The highest BCUT2D eigenvalue weighted by atomic mass is 33.1. The first kappa shape index (κ1) is 33.5. The van der Waals surface area contributed by atoms with E-state index in [0.29, 0.717) is 37.3 Å². The largest absolute Gasteiger partial charge is 0.444 e. The van der Waals surface area contributed by atoms with Crippen LogP contribution in [0.3, 0.4) is 0 Å². The molecule has 2 atom stereocenters. The van der Waals surface area contributed by atoms with Crippen molar-refractivity contribution in [2.24, 2.45) is 0 Å². The molecule has 2 aliphatic heterocycles. The third-order valence-corrected chi connectivity index (χ3v) is 9.26. The molecule has 0 radical (unpaired) electrons. The Morgan fingerprint density at radius 3 is 1.30 bits per heavy atom. The van der Waals surface area contributed by atoms with Crippen LogP contribution in [-0.2, 0) is 19.1 Å². The molecule has 2 heterocycles. The normalized spacial score (nSPS) is 18.6. The number of carbonyl (C=O) groups excluding carboxylic acids is 4. The Morgan fingerprint density at radius 2 is 0.977 bits per heavy atom. The van der Waals surface area contributed by atoms with Gasteiger partial charge in [-0.15, -0.1) is 0 Å². The van der Waals surface area contributed by atoms with Gasteiger partial charge in [0.15, 0.2) is 0 Å². The van der Waals surface area contributed by atoms with Crippen molar-refractivity contribution in [3.05, 3.63) is 48.5 Å². The molecule has 2 aromatic rings. The van der Waals surface area contributed by atoms with Crippen LogP contribution < -0.4 is 10.6 Å². The maximum absolute atomic E-state index is 12.9. The molecular weight excluding hydrogens is 601 g/mol. The summed E-state index contributed by atoms with van der Waals surface area (Å²) in [6, 6.07) is 14.0. The summed E-state index contributed by atoms with van der Waals surface area (Å²) in [5.41, 5.74) is 0.0828. The Kier molecular flexibility index (Phi) is 10.8. The highest BCUT2D eigenvalue weighted by Crippen LogP contribution is 2.38. The second kappa shape index (κ2) is 14.2. The van der Waals surface area contributed by atoms with E-state index in [4.69, 9.17) is 9.47 Å². The maximum Gasteiger partial charge on any atom is 0.410 e. The lowest BCUT2D eigenvalue weighted by Crippen LogP contribution is -2.45. The molecule has 10 nitrogen and oxygen atoms in total. The lowest BCUT2D eigenvalue weighted by molar-refractivity contribution is -0.121. The van der Waals surface area contributed by atoms with Crippen LogP contribution in [0.25, 0.3) is 0 Å². The zero-order valence-electron chi connectivity index (χ0n) is 26.2. The fourth-order valence-electron chi connectivity index (χ4n) is 4.89. The van der Waals surface area contributed by atoms with E-state index in [-0.39, 0.29) is 11.8 Å². The van der Waals surface area contributed by atoms with Crippen molar-refractivity contribution in [1.29, 1.82) is 0 Å². The quantitative estimate of drug-likeness (QED) is 0.306. The van der Waals surface area contributed by atoms with Crippen LogP contribution in [-0.4, -0.2) is 70.2 Å². The summed E-state index contributed by atoms with van der Waals surface area (Å²) in [4.78, 5) is 56.0. The number of rotatable bonds is 7. The van der Waals surface area contributed by atoms with E-state index >= 15 is 0 Å². The molecule has 44 heavy (non-hydrogen) atoms. The molecule has 2 aliphatic rings. The van der Waals surface area contributed by atoms with Gasteiger partial charge in [0.2, 0.25) is 11.8 Å². The van der Waals surface area contributed by atoms with Gasteiger partial charge in [0.05, 0.1) is 0 Å². The van der Waals surface area contributed by atoms with Gasteiger partial charge in [-0.2, -0.15) is 0 Å². The molecule has 2 fully saturated rings. The number of likely N-dealkylation sites (tertiary alicyclic amines) is 2. The first-order valence-corrected chi connectivity index (χ1v) is 17.0. The lowest BCUT2D eigenvalue weighted by Gasteiger charge is -2.28. The molecule has 4 rings (SSSR count). The SMILES string of the molecule is CC(C)(C)OC(=O)N1CCC[C@@H]1C(=O)Nc1ccc(SSc2ccc(NC(=O)[C@H]3CCCN3C(=O)OC(C)(C)C)cc2)cc1. The van der Waals surface area contributed by atoms with Gasteiger partial charge >= 0.3 is 12.2 Å². The average molecular weight is 643 g/mol. The standard InChI is InChI=1S/C32H42N4O6S2/c1-31(2,3)41-29(39)35-19-7-9-25(35)27(37)33-21-11-15-23(16-12-21)43-44-24-17-13-22(14-18-24)34-28(38)26-10-8-20-36(26)30(40)42-32(4,5)6/h11-18,25-26H,7-10,19-20H2,1-6H3,(H,33,37)(H,34,38)/t25-,26-/m1/s1. The second-order valence-corrected chi connectivity index (χ2v) is 15.1. The number of nitrogens with zero attached hydrogens (tertiary/aromatic N) is 2. The van der Waals surface area contributed by atoms with E-state index in [0.717, 1.165) is 22.6 Å². The van der Waals surface area contributed by atoms with E-state index in [2.05, 4.69) is 10.6 Å². The maximum atomic E-state index is 12.9. The molecule has 2 saturated heterocycles. The minimum Gasteiger partial charge on any atom is -0.444 e. The minimum absolute atomic E-state index is 0.221. The molecule has 0 bridgehead atoms. The van der Waals surface area contributed by atoms with Crippen LogP contribution in [0.5, 0.6) is 0 Å². The Hall–Kier alpha value is -3.38. The Morgan fingerprint density at radius 1 is 0.636 bits per heavy atom. The van der Waals surface area contributed by atoms with Gasteiger partial charge in [-0.05, 0) is 116 Å². The highest BCUT2D eigenvalue weighted by molar-refractivity contribution is 8.76.